The van der Waals surface area contributed by atoms with Crippen LogP contribution >= 0.6 is 0 Å². The molecule has 0 heterocycles. The first-order valence-corrected chi connectivity index (χ1v) is 3.68. The molecule has 54 valence electrons. The summed E-state index contributed by atoms with van der Waals surface area (Å²) < 4.78 is 0. The van der Waals surface area contributed by atoms with E-state index in [0.717, 1.165) is 25.0 Å². The molecule has 0 amide bonds. The van der Waals surface area contributed by atoms with Crippen LogP contribution in [0.4, 0.5) is 0 Å². The van der Waals surface area contributed by atoms with E-state index in [1.165, 1.54) is 5.57 Å². The monoisotopic (exact) mass is 135 g/mol. The Hall–Kier alpha value is -0.850. The lowest BCUT2D eigenvalue weighted by molar-refractivity contribution is 1.04. The van der Waals surface area contributed by atoms with Crippen LogP contribution in [0.25, 0.3) is 0 Å². The molecule has 0 fully saturated rings. The average Bonchev–Trinajstić information content (AvgIpc) is 1.84. The third-order valence-corrected chi connectivity index (χ3v) is 1.66. The summed E-state index contributed by atoms with van der Waals surface area (Å²) in [5.74, 6) is 0. The third-order valence-electron chi connectivity index (χ3n) is 1.66. The van der Waals surface area contributed by atoms with Gasteiger partial charge in [-0.3, -0.25) is 0 Å². The summed E-state index contributed by atoms with van der Waals surface area (Å²) in [5, 5.41) is 7.41. The van der Waals surface area contributed by atoms with E-state index in [1.54, 1.807) is 0 Å². The van der Waals surface area contributed by atoms with Gasteiger partial charge in [-0.15, -0.1) is 0 Å². The Kier molecular flexibility index (Phi) is 2.43. The van der Waals surface area contributed by atoms with Crippen molar-refractivity contribution in [2.45, 2.75) is 26.2 Å². The minimum absolute atomic E-state index is 0.838. The fourth-order valence-corrected chi connectivity index (χ4v) is 1.03. The molecule has 1 rings (SSSR count). The number of rotatable bonds is 0. The summed E-state index contributed by atoms with van der Waals surface area (Å²) in [6.45, 7) is 2.10. The van der Waals surface area contributed by atoms with Gasteiger partial charge >= 0.3 is 0 Å². The lowest BCUT2D eigenvalue weighted by Crippen LogP contribution is -1.94. The highest BCUT2D eigenvalue weighted by atomic mass is 14.4. The first kappa shape index (κ1) is 7.26. The largest absolute Gasteiger partial charge is 0.309 e. The molecule has 1 aliphatic carbocycles. The van der Waals surface area contributed by atoms with Gasteiger partial charge in [0.15, 0.2) is 0 Å². The van der Waals surface area contributed by atoms with Crippen molar-refractivity contribution in [1.29, 1.82) is 5.41 Å². The molecule has 0 atom stereocenters. The van der Waals surface area contributed by atoms with Gasteiger partial charge in [-0.2, -0.15) is 0 Å². The van der Waals surface area contributed by atoms with Gasteiger partial charge in [0.05, 0.1) is 0 Å². The minimum Gasteiger partial charge on any atom is -0.309 e. The molecule has 0 aromatic rings. The van der Waals surface area contributed by atoms with Gasteiger partial charge in [-0.1, -0.05) is 23.8 Å². The summed E-state index contributed by atoms with van der Waals surface area (Å²) in [5.41, 5.74) is 2.17. The van der Waals surface area contributed by atoms with Crippen molar-refractivity contribution in [1.82, 2.24) is 0 Å². The van der Waals surface area contributed by atoms with E-state index in [4.69, 9.17) is 5.41 Å². The molecule has 10 heavy (non-hydrogen) atoms. The van der Waals surface area contributed by atoms with E-state index in [1.807, 2.05) is 0 Å². The van der Waals surface area contributed by atoms with Crippen molar-refractivity contribution in [3.05, 3.63) is 23.8 Å². The molecule has 0 aliphatic heterocycles. The molecule has 1 N–H and O–H groups in total. The minimum atomic E-state index is 0.838. The summed E-state index contributed by atoms with van der Waals surface area (Å²) in [4.78, 5) is 0. The first-order valence-electron chi connectivity index (χ1n) is 3.68. The predicted molar refractivity (Wildman–Crippen MR) is 44.5 cm³/mol. The second kappa shape index (κ2) is 3.35. The first-order chi connectivity index (χ1) is 4.79. The Morgan fingerprint density at radius 3 is 3.10 bits per heavy atom. The van der Waals surface area contributed by atoms with E-state index in [2.05, 4.69) is 25.2 Å². The molecule has 1 aliphatic rings. The predicted octanol–water partition coefficient (Wildman–Crippen LogP) is 2.69. The second-order valence-corrected chi connectivity index (χ2v) is 2.70. The van der Waals surface area contributed by atoms with Crippen molar-refractivity contribution in [2.24, 2.45) is 0 Å². The van der Waals surface area contributed by atoms with Gasteiger partial charge in [-0.25, -0.2) is 0 Å². The van der Waals surface area contributed by atoms with Crippen molar-refractivity contribution in [3.63, 3.8) is 0 Å². The SMILES string of the molecule is CC1=CCCC(=N)CC=C1. The number of nitrogens with one attached hydrogen (secondary N) is 1. The van der Waals surface area contributed by atoms with Crippen molar-refractivity contribution >= 4 is 5.71 Å². The lowest BCUT2D eigenvalue weighted by Gasteiger charge is -2.01. The summed E-state index contributed by atoms with van der Waals surface area (Å²) >= 11 is 0. The van der Waals surface area contributed by atoms with Crippen LogP contribution in [-0.2, 0) is 0 Å². The van der Waals surface area contributed by atoms with Crippen LogP contribution in [0.1, 0.15) is 26.2 Å². The molecule has 0 unspecified atom stereocenters. The van der Waals surface area contributed by atoms with E-state index >= 15 is 0 Å². The topological polar surface area (TPSA) is 23.9 Å². The van der Waals surface area contributed by atoms with Crippen molar-refractivity contribution < 1.29 is 0 Å². The highest BCUT2D eigenvalue weighted by Gasteiger charge is 1.95. The zero-order valence-electron chi connectivity index (χ0n) is 6.35. The molecule has 0 saturated carbocycles. The van der Waals surface area contributed by atoms with Crippen LogP contribution in [0.5, 0.6) is 0 Å². The summed E-state index contributed by atoms with van der Waals surface area (Å²) in [7, 11) is 0. The van der Waals surface area contributed by atoms with E-state index in [-0.39, 0.29) is 0 Å². The van der Waals surface area contributed by atoms with Crippen LogP contribution in [0.3, 0.4) is 0 Å². The standard InChI is InChI=1S/C9H13N/c1-8-4-2-6-9(10)7-3-5-8/h2,4-5,10H,3,6-7H2,1H3. The van der Waals surface area contributed by atoms with Gasteiger partial charge in [0.25, 0.3) is 0 Å². The normalized spacial score (nSPS) is 19.7. The second-order valence-electron chi connectivity index (χ2n) is 2.70. The maximum absolute atomic E-state index is 7.41. The quantitative estimate of drug-likeness (QED) is 0.528. The van der Waals surface area contributed by atoms with Gasteiger partial charge in [0, 0.05) is 12.1 Å². The van der Waals surface area contributed by atoms with E-state index < -0.39 is 0 Å². The zero-order valence-corrected chi connectivity index (χ0v) is 6.35. The van der Waals surface area contributed by atoms with Gasteiger partial charge < -0.3 is 5.41 Å². The fraction of sp³-hybridized carbons (Fsp3) is 0.444. The molecule has 1 nitrogen and oxygen atoms in total. The molecule has 0 saturated heterocycles. The van der Waals surface area contributed by atoms with E-state index in [9.17, 15) is 0 Å². The maximum Gasteiger partial charge on any atom is 0.0130 e. The van der Waals surface area contributed by atoms with Gasteiger partial charge in [0.1, 0.15) is 0 Å². The Labute approximate surface area is 62.0 Å². The van der Waals surface area contributed by atoms with Crippen molar-refractivity contribution in [3.8, 4) is 0 Å². The van der Waals surface area contributed by atoms with Gasteiger partial charge in [-0.05, 0) is 19.8 Å². The van der Waals surface area contributed by atoms with Crippen molar-refractivity contribution in [2.75, 3.05) is 0 Å². The smallest absolute Gasteiger partial charge is 0.0130 e. The van der Waals surface area contributed by atoms with Gasteiger partial charge in [0.2, 0.25) is 0 Å². The van der Waals surface area contributed by atoms with Crippen LogP contribution in [0.2, 0.25) is 0 Å². The highest BCUT2D eigenvalue weighted by molar-refractivity contribution is 5.83. The van der Waals surface area contributed by atoms with Crippen LogP contribution in [-0.4, -0.2) is 5.71 Å². The van der Waals surface area contributed by atoms with Crippen LogP contribution in [0, 0.1) is 5.41 Å². The number of hydrogen-bond acceptors (Lipinski definition) is 1. The molecule has 0 radical (unpaired) electrons. The molecule has 0 spiro atoms. The Morgan fingerprint density at radius 2 is 2.30 bits per heavy atom. The zero-order chi connectivity index (χ0) is 7.40. The van der Waals surface area contributed by atoms with Crippen LogP contribution < -0.4 is 0 Å². The molecular formula is C9H13N. The molecule has 0 aromatic heterocycles. The third kappa shape index (κ3) is 2.18. The summed E-state index contributed by atoms with van der Waals surface area (Å²) in [6.07, 6.45) is 9.15. The Bertz CT molecular complexity index is 187. The van der Waals surface area contributed by atoms with Crippen LogP contribution in [0.15, 0.2) is 23.8 Å². The maximum atomic E-state index is 7.41. The fourth-order valence-electron chi connectivity index (χ4n) is 1.03. The Morgan fingerprint density at radius 1 is 1.50 bits per heavy atom. The Balaban J connectivity index is 2.60. The highest BCUT2D eigenvalue weighted by Crippen LogP contribution is 2.07. The number of hydrogen-bond donors (Lipinski definition) is 1. The molecule has 0 aromatic carbocycles. The van der Waals surface area contributed by atoms with E-state index in [0.29, 0.717) is 0 Å². The molecule has 1 heteroatoms. The number of allylic oxidation sites excluding steroid dienone is 4. The molecular weight excluding hydrogens is 122 g/mol. The average molecular weight is 135 g/mol. The lowest BCUT2D eigenvalue weighted by atomic mass is 10.1. The molecule has 0 bridgehead atoms. The summed E-state index contributed by atoms with van der Waals surface area (Å²) in [6, 6.07) is 0.